The van der Waals surface area contributed by atoms with Crippen molar-refractivity contribution in [2.24, 2.45) is 0 Å². The second-order valence-corrected chi connectivity index (χ2v) is 8.50. The predicted molar refractivity (Wildman–Crippen MR) is 127 cm³/mol. The SMILES string of the molecule is CCCCCCCCCCCc1c(CCC)cc2c(c1O)c(=O)oc1ccccc12. The summed E-state index contributed by atoms with van der Waals surface area (Å²) >= 11 is 0. The van der Waals surface area contributed by atoms with Gasteiger partial charge >= 0.3 is 5.63 Å². The second-order valence-electron chi connectivity index (χ2n) is 8.50. The van der Waals surface area contributed by atoms with E-state index in [1.54, 1.807) is 0 Å². The van der Waals surface area contributed by atoms with Crippen molar-refractivity contribution in [2.45, 2.75) is 90.9 Å². The average Bonchev–Trinajstić information content (AvgIpc) is 2.74. The van der Waals surface area contributed by atoms with Crippen molar-refractivity contribution in [1.29, 1.82) is 0 Å². The molecule has 0 aliphatic heterocycles. The number of phenolic OH excluding ortho intramolecular Hbond substituents is 1. The van der Waals surface area contributed by atoms with Crippen LogP contribution in [0.3, 0.4) is 0 Å². The summed E-state index contributed by atoms with van der Waals surface area (Å²) in [6.45, 7) is 4.41. The second kappa shape index (κ2) is 11.2. The fraction of sp³-hybridized carbons (Fsp3) is 0.519. The molecule has 0 unspecified atom stereocenters. The van der Waals surface area contributed by atoms with Gasteiger partial charge in [0.2, 0.25) is 0 Å². The van der Waals surface area contributed by atoms with Crippen LogP contribution >= 0.6 is 0 Å². The first-order chi connectivity index (χ1) is 14.7. The maximum atomic E-state index is 12.6. The van der Waals surface area contributed by atoms with Gasteiger partial charge in [-0.3, -0.25) is 0 Å². The first-order valence-corrected chi connectivity index (χ1v) is 11.9. The van der Waals surface area contributed by atoms with Crippen molar-refractivity contribution in [3.8, 4) is 5.75 Å². The Morgan fingerprint density at radius 3 is 2.17 bits per heavy atom. The van der Waals surface area contributed by atoms with Crippen LogP contribution in [0.2, 0.25) is 0 Å². The summed E-state index contributed by atoms with van der Waals surface area (Å²) in [6.07, 6.45) is 14.2. The molecule has 0 bridgehead atoms. The minimum atomic E-state index is -0.447. The molecule has 0 amide bonds. The van der Waals surface area contributed by atoms with Crippen LogP contribution in [0.1, 0.15) is 89.2 Å². The minimum Gasteiger partial charge on any atom is -0.507 e. The number of hydrogen-bond acceptors (Lipinski definition) is 3. The minimum absolute atomic E-state index is 0.134. The van der Waals surface area contributed by atoms with Gasteiger partial charge in [-0.05, 0) is 42.5 Å². The average molecular weight is 409 g/mol. The molecule has 1 N–H and O–H groups in total. The number of fused-ring (bicyclic) bond motifs is 3. The Bertz CT molecular complexity index is 1020. The lowest BCUT2D eigenvalue weighted by molar-refractivity contribution is 0.467. The van der Waals surface area contributed by atoms with Gasteiger partial charge in [0, 0.05) is 10.8 Å². The van der Waals surface area contributed by atoms with Crippen LogP contribution in [-0.4, -0.2) is 5.11 Å². The van der Waals surface area contributed by atoms with Gasteiger partial charge < -0.3 is 9.52 Å². The Kier molecular flexibility index (Phi) is 8.36. The number of phenols is 1. The molecule has 30 heavy (non-hydrogen) atoms. The molecular weight excluding hydrogens is 372 g/mol. The van der Waals surface area contributed by atoms with Gasteiger partial charge in [0.15, 0.2) is 0 Å². The van der Waals surface area contributed by atoms with E-state index in [9.17, 15) is 9.90 Å². The van der Waals surface area contributed by atoms with Gasteiger partial charge in [0.05, 0.1) is 0 Å². The smallest absolute Gasteiger partial charge is 0.347 e. The Morgan fingerprint density at radius 2 is 1.47 bits per heavy atom. The lowest BCUT2D eigenvalue weighted by Gasteiger charge is -2.14. The lowest BCUT2D eigenvalue weighted by Crippen LogP contribution is -2.05. The van der Waals surface area contributed by atoms with Crippen LogP contribution in [0, 0.1) is 0 Å². The molecule has 0 saturated heterocycles. The molecule has 3 rings (SSSR count). The van der Waals surface area contributed by atoms with E-state index in [4.69, 9.17) is 4.42 Å². The summed E-state index contributed by atoms with van der Waals surface area (Å²) in [7, 11) is 0. The van der Waals surface area contributed by atoms with E-state index >= 15 is 0 Å². The monoisotopic (exact) mass is 408 g/mol. The largest absolute Gasteiger partial charge is 0.507 e. The first kappa shape index (κ1) is 22.4. The number of aryl methyl sites for hydroxylation is 1. The summed E-state index contributed by atoms with van der Waals surface area (Å²) in [5.41, 5.74) is 2.23. The fourth-order valence-corrected chi connectivity index (χ4v) is 4.50. The highest BCUT2D eigenvalue weighted by Crippen LogP contribution is 2.35. The van der Waals surface area contributed by atoms with Crippen LogP contribution in [0.5, 0.6) is 5.75 Å². The standard InChI is InChI=1S/C27H36O3/c1-3-5-6-7-8-9-10-11-12-16-21-20(15-4-2)19-23-22-17-13-14-18-24(22)30-27(29)25(23)26(21)28/h13-14,17-19,28H,3-12,15-16H2,1-2H3. The quantitative estimate of drug-likeness (QED) is 0.190. The molecule has 0 aliphatic carbocycles. The molecule has 1 heterocycles. The normalized spacial score (nSPS) is 11.5. The van der Waals surface area contributed by atoms with Crippen LogP contribution in [0.4, 0.5) is 0 Å². The van der Waals surface area contributed by atoms with Crippen LogP contribution in [-0.2, 0) is 12.8 Å². The zero-order chi connectivity index (χ0) is 21.3. The molecule has 1 aromatic heterocycles. The molecule has 0 aliphatic rings. The highest BCUT2D eigenvalue weighted by molar-refractivity contribution is 6.07. The number of para-hydroxylation sites is 1. The number of hydrogen-bond donors (Lipinski definition) is 1. The van der Waals surface area contributed by atoms with Crippen molar-refractivity contribution in [3.63, 3.8) is 0 Å². The van der Waals surface area contributed by atoms with Crippen molar-refractivity contribution >= 4 is 21.7 Å². The number of benzene rings is 2. The third-order valence-corrected chi connectivity index (χ3v) is 6.13. The van der Waals surface area contributed by atoms with Crippen LogP contribution in [0.25, 0.3) is 21.7 Å². The van der Waals surface area contributed by atoms with E-state index in [1.807, 2.05) is 24.3 Å². The van der Waals surface area contributed by atoms with E-state index in [0.717, 1.165) is 47.6 Å². The van der Waals surface area contributed by atoms with E-state index in [-0.39, 0.29) is 5.75 Å². The molecule has 3 aromatic rings. The van der Waals surface area contributed by atoms with E-state index in [2.05, 4.69) is 19.9 Å². The molecule has 0 saturated carbocycles. The summed E-state index contributed by atoms with van der Waals surface area (Å²) < 4.78 is 5.49. The van der Waals surface area contributed by atoms with Gasteiger partial charge in [0.25, 0.3) is 0 Å². The Labute approximate surface area is 180 Å². The summed E-state index contributed by atoms with van der Waals surface area (Å²) in [5, 5.41) is 13.1. The molecule has 0 atom stereocenters. The van der Waals surface area contributed by atoms with Gasteiger partial charge in [-0.1, -0.05) is 89.8 Å². The van der Waals surface area contributed by atoms with Crippen molar-refractivity contribution in [2.75, 3.05) is 0 Å². The topological polar surface area (TPSA) is 50.4 Å². The van der Waals surface area contributed by atoms with E-state index < -0.39 is 5.63 Å². The molecule has 0 radical (unpaired) electrons. The Morgan fingerprint density at radius 1 is 0.800 bits per heavy atom. The highest BCUT2D eigenvalue weighted by atomic mass is 16.4. The number of rotatable bonds is 12. The summed E-state index contributed by atoms with van der Waals surface area (Å²) in [4.78, 5) is 12.6. The predicted octanol–water partition coefficient (Wildman–Crippen LogP) is 7.68. The van der Waals surface area contributed by atoms with Crippen molar-refractivity contribution in [1.82, 2.24) is 0 Å². The highest BCUT2D eigenvalue weighted by Gasteiger charge is 2.18. The first-order valence-electron chi connectivity index (χ1n) is 11.9. The third kappa shape index (κ3) is 5.24. The zero-order valence-corrected chi connectivity index (χ0v) is 18.6. The maximum absolute atomic E-state index is 12.6. The Balaban J connectivity index is 1.76. The third-order valence-electron chi connectivity index (χ3n) is 6.13. The van der Waals surface area contributed by atoms with Gasteiger partial charge in [0.1, 0.15) is 16.7 Å². The molecule has 3 nitrogen and oxygen atoms in total. The fourth-order valence-electron chi connectivity index (χ4n) is 4.50. The van der Waals surface area contributed by atoms with Gasteiger partial charge in [-0.2, -0.15) is 0 Å². The number of aromatic hydroxyl groups is 1. The maximum Gasteiger partial charge on any atom is 0.347 e. The molecule has 0 spiro atoms. The van der Waals surface area contributed by atoms with Crippen molar-refractivity contribution in [3.05, 3.63) is 51.9 Å². The van der Waals surface area contributed by atoms with Crippen LogP contribution in [0.15, 0.2) is 39.5 Å². The van der Waals surface area contributed by atoms with E-state index in [0.29, 0.717) is 11.0 Å². The van der Waals surface area contributed by atoms with Gasteiger partial charge in [-0.25, -0.2) is 4.79 Å². The molecule has 0 fully saturated rings. The molecule has 2 aromatic carbocycles. The number of unbranched alkanes of at least 4 members (excludes halogenated alkanes) is 8. The molecule has 162 valence electrons. The molecule has 3 heteroatoms. The van der Waals surface area contributed by atoms with Crippen LogP contribution < -0.4 is 5.63 Å². The van der Waals surface area contributed by atoms with Gasteiger partial charge in [-0.15, -0.1) is 0 Å². The Hall–Kier alpha value is -2.29. The van der Waals surface area contributed by atoms with E-state index in [1.165, 1.54) is 51.4 Å². The van der Waals surface area contributed by atoms with Crippen molar-refractivity contribution < 1.29 is 9.52 Å². The summed E-state index contributed by atoms with van der Waals surface area (Å²) in [5.74, 6) is 0.134. The molecular formula is C27H36O3. The summed E-state index contributed by atoms with van der Waals surface area (Å²) in [6, 6.07) is 9.68. The zero-order valence-electron chi connectivity index (χ0n) is 18.6. The lowest BCUT2D eigenvalue weighted by atomic mass is 9.92.